The third kappa shape index (κ3) is 1.63. The summed E-state index contributed by atoms with van der Waals surface area (Å²) in [4.78, 5) is 15.9. The first kappa shape index (κ1) is 8.33. The predicted molar refractivity (Wildman–Crippen MR) is 45.6 cm³/mol. The van der Waals surface area contributed by atoms with Crippen LogP contribution in [0.1, 0.15) is 5.56 Å². The van der Waals surface area contributed by atoms with E-state index in [1.54, 1.807) is 12.3 Å². The highest BCUT2D eigenvalue weighted by atomic mass is 79.9. The van der Waals surface area contributed by atoms with Crippen LogP contribution in [0.25, 0.3) is 0 Å². The second-order valence-corrected chi connectivity index (χ2v) is 3.03. The van der Waals surface area contributed by atoms with Crippen molar-refractivity contribution in [2.45, 2.75) is 6.92 Å². The van der Waals surface area contributed by atoms with E-state index < -0.39 is 0 Å². The predicted octanol–water partition coefficient (Wildman–Crippen LogP) is 0.978. The van der Waals surface area contributed by atoms with Crippen molar-refractivity contribution in [2.75, 3.05) is 7.11 Å². The Morgan fingerprint density at radius 3 is 2.82 bits per heavy atom. The van der Waals surface area contributed by atoms with E-state index in [4.69, 9.17) is 4.84 Å². The van der Waals surface area contributed by atoms with Crippen molar-refractivity contribution in [1.82, 2.24) is 4.73 Å². The molecule has 0 unspecified atom stereocenters. The molecule has 0 bridgehead atoms. The summed E-state index contributed by atoms with van der Waals surface area (Å²) in [5.74, 6) is 0. The Morgan fingerprint density at radius 1 is 1.64 bits per heavy atom. The van der Waals surface area contributed by atoms with E-state index in [2.05, 4.69) is 15.9 Å². The largest absolute Gasteiger partial charge is 0.414 e. The minimum absolute atomic E-state index is 0.182. The molecule has 11 heavy (non-hydrogen) atoms. The smallest absolute Gasteiger partial charge is 0.297 e. The van der Waals surface area contributed by atoms with E-state index in [0.717, 1.165) is 5.56 Å². The zero-order chi connectivity index (χ0) is 8.43. The highest BCUT2D eigenvalue weighted by molar-refractivity contribution is 9.10. The fourth-order valence-corrected chi connectivity index (χ4v) is 1.32. The Bertz CT molecular complexity index is 319. The Labute approximate surface area is 72.7 Å². The summed E-state index contributed by atoms with van der Waals surface area (Å²) >= 11 is 3.12. The number of hydrogen-bond donors (Lipinski definition) is 0. The number of aromatic nitrogens is 1. The van der Waals surface area contributed by atoms with Crippen LogP contribution in [0.5, 0.6) is 0 Å². The fourth-order valence-electron chi connectivity index (χ4n) is 0.783. The van der Waals surface area contributed by atoms with Gasteiger partial charge in [0, 0.05) is 0 Å². The van der Waals surface area contributed by atoms with Crippen LogP contribution in [0.2, 0.25) is 0 Å². The van der Waals surface area contributed by atoms with Crippen molar-refractivity contribution in [3.63, 3.8) is 0 Å². The fraction of sp³-hybridized carbons (Fsp3) is 0.286. The zero-order valence-electron chi connectivity index (χ0n) is 6.30. The first-order valence-electron chi connectivity index (χ1n) is 3.08. The van der Waals surface area contributed by atoms with Gasteiger partial charge in [0.1, 0.15) is 7.11 Å². The molecule has 0 aliphatic rings. The molecule has 0 saturated heterocycles. The number of halogens is 1. The van der Waals surface area contributed by atoms with Crippen LogP contribution in [0.3, 0.4) is 0 Å². The van der Waals surface area contributed by atoms with Gasteiger partial charge in [-0.2, -0.15) is 4.73 Å². The lowest BCUT2D eigenvalue weighted by molar-refractivity contribution is 0.156. The molecule has 1 aromatic rings. The normalized spacial score (nSPS) is 9.73. The van der Waals surface area contributed by atoms with E-state index >= 15 is 0 Å². The molecule has 0 spiro atoms. The van der Waals surface area contributed by atoms with Gasteiger partial charge in [-0.15, -0.1) is 0 Å². The third-order valence-corrected chi connectivity index (χ3v) is 1.84. The molecule has 3 nitrogen and oxygen atoms in total. The molecule has 0 aromatic carbocycles. The molecule has 60 valence electrons. The molecule has 0 aliphatic carbocycles. The van der Waals surface area contributed by atoms with Crippen LogP contribution in [0.4, 0.5) is 0 Å². The Kier molecular flexibility index (Phi) is 2.34. The molecule has 0 saturated carbocycles. The first-order chi connectivity index (χ1) is 5.15. The van der Waals surface area contributed by atoms with Crippen molar-refractivity contribution in [3.05, 3.63) is 32.7 Å². The van der Waals surface area contributed by atoms with Gasteiger partial charge in [-0.3, -0.25) is 4.79 Å². The van der Waals surface area contributed by atoms with Gasteiger partial charge >= 0.3 is 0 Å². The van der Waals surface area contributed by atoms with Gasteiger partial charge in [0.25, 0.3) is 5.56 Å². The van der Waals surface area contributed by atoms with Gasteiger partial charge in [-0.1, -0.05) is 0 Å². The highest BCUT2D eigenvalue weighted by Crippen LogP contribution is 2.04. The van der Waals surface area contributed by atoms with Gasteiger partial charge in [-0.05, 0) is 34.5 Å². The van der Waals surface area contributed by atoms with Crippen molar-refractivity contribution in [3.8, 4) is 0 Å². The minimum atomic E-state index is -0.182. The molecule has 0 amide bonds. The molecule has 1 aromatic heterocycles. The SMILES string of the molecule is COn1cc(C)cc(Br)c1=O. The maximum atomic E-state index is 11.1. The summed E-state index contributed by atoms with van der Waals surface area (Å²) in [5.41, 5.74) is 0.788. The van der Waals surface area contributed by atoms with Gasteiger partial charge < -0.3 is 4.84 Å². The summed E-state index contributed by atoms with van der Waals surface area (Å²) in [5, 5.41) is 0. The van der Waals surface area contributed by atoms with Crippen LogP contribution < -0.4 is 10.4 Å². The number of rotatable bonds is 1. The first-order valence-corrected chi connectivity index (χ1v) is 3.87. The highest BCUT2D eigenvalue weighted by Gasteiger charge is 2.00. The van der Waals surface area contributed by atoms with E-state index in [1.807, 2.05) is 6.92 Å². The van der Waals surface area contributed by atoms with Crippen molar-refractivity contribution < 1.29 is 4.84 Å². The molecule has 0 N–H and O–H groups in total. The van der Waals surface area contributed by atoms with E-state index in [-0.39, 0.29) is 5.56 Å². The van der Waals surface area contributed by atoms with Gasteiger partial charge in [0.05, 0.1) is 10.7 Å². The van der Waals surface area contributed by atoms with E-state index in [1.165, 1.54) is 11.8 Å². The maximum absolute atomic E-state index is 11.1. The summed E-state index contributed by atoms with van der Waals surface area (Å²) < 4.78 is 1.69. The molecule has 0 radical (unpaired) electrons. The van der Waals surface area contributed by atoms with Crippen LogP contribution in [0, 0.1) is 6.92 Å². The van der Waals surface area contributed by atoms with Gasteiger partial charge in [0.2, 0.25) is 0 Å². The zero-order valence-corrected chi connectivity index (χ0v) is 7.88. The third-order valence-electron chi connectivity index (χ3n) is 1.28. The average molecular weight is 218 g/mol. The lowest BCUT2D eigenvalue weighted by Gasteiger charge is -2.03. The molecule has 0 aliphatic heterocycles. The molecular formula is C7H8BrNO2. The standard InChI is InChI=1S/C7H8BrNO2/c1-5-3-6(8)7(10)9(4-5)11-2/h3-4H,1-2H3. The average Bonchev–Trinajstić information content (AvgIpc) is 1.96. The van der Waals surface area contributed by atoms with Gasteiger partial charge in [-0.25, -0.2) is 0 Å². The van der Waals surface area contributed by atoms with Crippen LogP contribution in [0.15, 0.2) is 21.5 Å². The Balaban J connectivity index is 3.37. The lowest BCUT2D eigenvalue weighted by Crippen LogP contribution is -2.24. The van der Waals surface area contributed by atoms with Crippen LogP contribution in [-0.2, 0) is 0 Å². The van der Waals surface area contributed by atoms with Crippen molar-refractivity contribution >= 4 is 15.9 Å². The maximum Gasteiger partial charge on any atom is 0.297 e. The van der Waals surface area contributed by atoms with Crippen molar-refractivity contribution in [2.24, 2.45) is 0 Å². The van der Waals surface area contributed by atoms with Crippen molar-refractivity contribution in [1.29, 1.82) is 0 Å². The van der Waals surface area contributed by atoms with E-state index in [0.29, 0.717) is 4.47 Å². The number of aryl methyl sites for hydroxylation is 1. The Morgan fingerprint density at radius 2 is 2.27 bits per heavy atom. The molecule has 0 fully saturated rings. The monoisotopic (exact) mass is 217 g/mol. The topological polar surface area (TPSA) is 31.2 Å². The molecule has 0 atom stereocenters. The summed E-state index contributed by atoms with van der Waals surface area (Å²) in [6, 6.07) is 1.75. The molecule has 1 rings (SSSR count). The number of nitrogens with zero attached hydrogens (tertiary/aromatic N) is 1. The molecular weight excluding hydrogens is 210 g/mol. The second-order valence-electron chi connectivity index (χ2n) is 2.18. The second kappa shape index (κ2) is 3.09. The number of pyridine rings is 1. The Hall–Kier alpha value is -0.770. The van der Waals surface area contributed by atoms with Crippen LogP contribution in [-0.4, -0.2) is 11.8 Å². The van der Waals surface area contributed by atoms with Crippen LogP contribution >= 0.6 is 15.9 Å². The lowest BCUT2D eigenvalue weighted by atomic mass is 10.3. The quantitative estimate of drug-likeness (QED) is 0.703. The summed E-state index contributed by atoms with van der Waals surface area (Å²) in [7, 11) is 1.45. The van der Waals surface area contributed by atoms with E-state index in [9.17, 15) is 4.79 Å². The molecule has 4 heteroatoms. The summed E-state index contributed by atoms with van der Waals surface area (Å²) in [6.07, 6.45) is 1.63. The molecule has 1 heterocycles. The van der Waals surface area contributed by atoms with Gasteiger partial charge in [0.15, 0.2) is 0 Å². The minimum Gasteiger partial charge on any atom is -0.414 e. The number of hydrogen-bond acceptors (Lipinski definition) is 2. The summed E-state index contributed by atoms with van der Waals surface area (Å²) in [6.45, 7) is 1.89.